The first-order valence-corrected chi connectivity index (χ1v) is 4.46. The van der Waals surface area contributed by atoms with Gasteiger partial charge in [0.25, 0.3) is 5.91 Å². The van der Waals surface area contributed by atoms with Crippen LogP contribution in [0.1, 0.15) is 24.3 Å². The minimum absolute atomic E-state index is 0.00519. The number of aromatic nitrogens is 2. The van der Waals surface area contributed by atoms with Gasteiger partial charge in [-0.25, -0.2) is 4.98 Å². The summed E-state index contributed by atoms with van der Waals surface area (Å²) in [6, 6.07) is 0. The molecule has 0 radical (unpaired) electrons. The summed E-state index contributed by atoms with van der Waals surface area (Å²) in [6.45, 7) is 5.38. The highest BCUT2D eigenvalue weighted by Gasteiger charge is 2.13. The summed E-state index contributed by atoms with van der Waals surface area (Å²) in [5.41, 5.74) is 0.520. The first-order valence-electron chi connectivity index (χ1n) is 4.46. The van der Waals surface area contributed by atoms with Crippen LogP contribution in [-0.4, -0.2) is 33.4 Å². The number of aryl methyl sites for hydroxylation is 1. The molecule has 0 bridgehead atoms. The highest BCUT2D eigenvalue weighted by Crippen LogP contribution is 2.00. The maximum Gasteiger partial charge on any atom is 0.274 e. The first-order chi connectivity index (χ1) is 6.19. The Hall–Kier alpha value is -1.32. The quantitative estimate of drug-likeness (QED) is 0.695. The van der Waals surface area contributed by atoms with Gasteiger partial charge in [-0.2, -0.15) is 0 Å². The van der Waals surface area contributed by atoms with Crippen molar-refractivity contribution >= 4 is 5.91 Å². The lowest BCUT2D eigenvalue weighted by molar-refractivity contribution is 0.0767. The van der Waals surface area contributed by atoms with Crippen molar-refractivity contribution in [3.05, 3.63) is 18.2 Å². The third-order valence-electron chi connectivity index (χ3n) is 1.97. The van der Waals surface area contributed by atoms with Gasteiger partial charge >= 0.3 is 0 Å². The van der Waals surface area contributed by atoms with Crippen LogP contribution in [0.2, 0.25) is 0 Å². The molecule has 0 atom stereocenters. The van der Waals surface area contributed by atoms with Crippen LogP contribution in [0.5, 0.6) is 0 Å². The third kappa shape index (κ3) is 2.08. The van der Waals surface area contributed by atoms with Gasteiger partial charge in [-0.05, 0) is 13.8 Å². The van der Waals surface area contributed by atoms with Crippen LogP contribution in [0.4, 0.5) is 0 Å². The molecule has 1 rings (SSSR count). The molecule has 1 amide bonds. The van der Waals surface area contributed by atoms with E-state index in [0.717, 1.165) is 13.1 Å². The van der Waals surface area contributed by atoms with E-state index in [1.165, 1.54) is 0 Å². The average Bonchev–Trinajstić information content (AvgIpc) is 2.54. The summed E-state index contributed by atoms with van der Waals surface area (Å²) in [4.78, 5) is 17.4. The lowest BCUT2D eigenvalue weighted by atomic mass is 10.4. The predicted molar refractivity (Wildman–Crippen MR) is 50.5 cm³/mol. The smallest absolute Gasteiger partial charge is 0.274 e. The fourth-order valence-electron chi connectivity index (χ4n) is 1.20. The maximum absolute atomic E-state index is 11.7. The Morgan fingerprint density at radius 2 is 2.15 bits per heavy atom. The van der Waals surface area contributed by atoms with Crippen LogP contribution >= 0.6 is 0 Å². The summed E-state index contributed by atoms with van der Waals surface area (Å²) < 4.78 is 1.77. The number of carbonyl (C=O) groups excluding carboxylic acids is 1. The maximum atomic E-state index is 11.7. The van der Waals surface area contributed by atoms with Crippen LogP contribution < -0.4 is 0 Å². The first kappa shape index (κ1) is 9.77. The van der Waals surface area contributed by atoms with Crippen LogP contribution in [0.15, 0.2) is 12.5 Å². The van der Waals surface area contributed by atoms with Gasteiger partial charge in [0.2, 0.25) is 0 Å². The fourth-order valence-corrected chi connectivity index (χ4v) is 1.20. The van der Waals surface area contributed by atoms with E-state index in [9.17, 15) is 4.79 Å². The Balaban J connectivity index is 2.78. The molecule has 0 spiro atoms. The molecule has 0 aliphatic rings. The lowest BCUT2D eigenvalue weighted by Crippen LogP contribution is -2.30. The van der Waals surface area contributed by atoms with Crippen molar-refractivity contribution in [3.8, 4) is 0 Å². The van der Waals surface area contributed by atoms with E-state index in [0.29, 0.717) is 5.69 Å². The molecule has 1 heterocycles. The minimum atomic E-state index is 0.00519. The molecule has 0 unspecified atom stereocenters. The molecular formula is C9H15N3O. The highest BCUT2D eigenvalue weighted by atomic mass is 16.2. The summed E-state index contributed by atoms with van der Waals surface area (Å²) in [7, 11) is 1.85. The number of imidazole rings is 1. The Labute approximate surface area is 78.2 Å². The standard InChI is InChI=1S/C9H15N3O/c1-4-12(5-2)9(13)8-6-11(3)7-10-8/h6-7H,4-5H2,1-3H3. The molecule has 0 aromatic carbocycles. The van der Waals surface area contributed by atoms with Gasteiger partial charge in [-0.3, -0.25) is 4.79 Å². The van der Waals surface area contributed by atoms with Crippen molar-refractivity contribution in [1.82, 2.24) is 14.5 Å². The van der Waals surface area contributed by atoms with E-state index < -0.39 is 0 Å². The van der Waals surface area contributed by atoms with Gasteiger partial charge in [-0.15, -0.1) is 0 Å². The van der Waals surface area contributed by atoms with Crippen LogP contribution in [0, 0.1) is 0 Å². The van der Waals surface area contributed by atoms with Crippen molar-refractivity contribution in [3.63, 3.8) is 0 Å². The van der Waals surface area contributed by atoms with Crippen molar-refractivity contribution in [2.45, 2.75) is 13.8 Å². The molecule has 13 heavy (non-hydrogen) atoms. The van der Waals surface area contributed by atoms with Crippen molar-refractivity contribution in [2.24, 2.45) is 7.05 Å². The SMILES string of the molecule is CCN(CC)C(=O)c1cn(C)cn1. The molecule has 72 valence electrons. The fraction of sp³-hybridized carbons (Fsp3) is 0.556. The van der Waals surface area contributed by atoms with Crippen LogP contribution in [-0.2, 0) is 7.05 Å². The van der Waals surface area contributed by atoms with Crippen molar-refractivity contribution in [1.29, 1.82) is 0 Å². The molecule has 4 nitrogen and oxygen atoms in total. The second kappa shape index (κ2) is 4.07. The molecule has 0 N–H and O–H groups in total. The number of hydrogen-bond acceptors (Lipinski definition) is 2. The van der Waals surface area contributed by atoms with Gasteiger partial charge in [0.05, 0.1) is 6.33 Å². The van der Waals surface area contributed by atoms with Gasteiger partial charge in [-0.1, -0.05) is 0 Å². The number of rotatable bonds is 3. The summed E-state index contributed by atoms with van der Waals surface area (Å²) in [5.74, 6) is 0.00519. The molecular weight excluding hydrogens is 166 g/mol. The van der Waals surface area contributed by atoms with Crippen molar-refractivity contribution < 1.29 is 4.79 Å². The molecule has 0 saturated carbocycles. The molecule has 0 fully saturated rings. The largest absolute Gasteiger partial charge is 0.340 e. The Bertz CT molecular complexity index is 289. The van der Waals surface area contributed by atoms with Gasteiger partial charge < -0.3 is 9.47 Å². The van der Waals surface area contributed by atoms with Gasteiger partial charge in [0.1, 0.15) is 5.69 Å². The van der Waals surface area contributed by atoms with Crippen LogP contribution in [0.25, 0.3) is 0 Å². The second-order valence-corrected chi connectivity index (χ2v) is 2.90. The van der Waals surface area contributed by atoms with Gasteiger partial charge in [0.15, 0.2) is 0 Å². The molecule has 0 aliphatic carbocycles. The zero-order valence-corrected chi connectivity index (χ0v) is 8.32. The molecule has 0 aliphatic heterocycles. The van der Waals surface area contributed by atoms with E-state index in [4.69, 9.17) is 0 Å². The van der Waals surface area contributed by atoms with Crippen molar-refractivity contribution in [2.75, 3.05) is 13.1 Å². The number of nitrogens with zero attached hydrogens (tertiary/aromatic N) is 3. The normalized spacial score (nSPS) is 10.1. The zero-order chi connectivity index (χ0) is 9.84. The molecule has 4 heteroatoms. The third-order valence-corrected chi connectivity index (χ3v) is 1.97. The Morgan fingerprint density at radius 3 is 2.54 bits per heavy atom. The van der Waals surface area contributed by atoms with Gasteiger partial charge in [0, 0.05) is 26.3 Å². The predicted octanol–water partition coefficient (Wildman–Crippen LogP) is 0.902. The van der Waals surface area contributed by atoms with E-state index in [1.807, 2.05) is 20.9 Å². The molecule has 0 saturated heterocycles. The summed E-state index contributed by atoms with van der Waals surface area (Å²) >= 11 is 0. The monoisotopic (exact) mass is 181 g/mol. The number of hydrogen-bond donors (Lipinski definition) is 0. The Kier molecular flexibility index (Phi) is 3.06. The molecule has 1 aromatic rings. The lowest BCUT2D eigenvalue weighted by Gasteiger charge is -2.16. The minimum Gasteiger partial charge on any atom is -0.340 e. The van der Waals surface area contributed by atoms with E-state index in [2.05, 4.69) is 4.98 Å². The van der Waals surface area contributed by atoms with E-state index in [-0.39, 0.29) is 5.91 Å². The number of carbonyl (C=O) groups is 1. The summed E-state index contributed by atoms with van der Waals surface area (Å²) in [5, 5.41) is 0. The average molecular weight is 181 g/mol. The van der Waals surface area contributed by atoms with Crippen LogP contribution in [0.3, 0.4) is 0 Å². The topological polar surface area (TPSA) is 38.1 Å². The zero-order valence-electron chi connectivity index (χ0n) is 8.32. The van der Waals surface area contributed by atoms with E-state index in [1.54, 1.807) is 22.0 Å². The number of amides is 1. The highest BCUT2D eigenvalue weighted by molar-refractivity contribution is 5.92. The van der Waals surface area contributed by atoms with E-state index >= 15 is 0 Å². The molecule has 1 aromatic heterocycles. The second-order valence-electron chi connectivity index (χ2n) is 2.90. The Morgan fingerprint density at radius 1 is 1.54 bits per heavy atom. The summed E-state index contributed by atoms with van der Waals surface area (Å²) in [6.07, 6.45) is 3.37.